The van der Waals surface area contributed by atoms with Crippen molar-refractivity contribution in [2.24, 2.45) is 0 Å². The van der Waals surface area contributed by atoms with E-state index in [0.717, 1.165) is 0 Å². The Morgan fingerprint density at radius 2 is 2.21 bits per heavy atom. The molecule has 14 heavy (non-hydrogen) atoms. The van der Waals surface area contributed by atoms with Gasteiger partial charge in [0.1, 0.15) is 0 Å². The number of hydrogen-bond acceptors (Lipinski definition) is 3. The Bertz CT molecular complexity index is 593. The molecule has 0 aliphatic carbocycles. The molecule has 0 atom stereocenters. The van der Waals surface area contributed by atoms with Crippen molar-refractivity contribution in [2.45, 2.75) is 6.92 Å². The lowest BCUT2D eigenvalue weighted by Gasteiger charge is -1.98. The number of rotatable bonds is 0. The number of aromatic nitrogens is 1. The zero-order valence-corrected chi connectivity index (χ0v) is 7.44. The Morgan fingerprint density at radius 1 is 1.43 bits per heavy atom. The molecule has 0 unspecified atom stereocenters. The van der Waals surface area contributed by atoms with Crippen LogP contribution in [0, 0.1) is 13.5 Å². The van der Waals surface area contributed by atoms with Crippen molar-refractivity contribution in [2.75, 3.05) is 0 Å². The van der Waals surface area contributed by atoms with Gasteiger partial charge in [-0.25, -0.2) is 9.64 Å². The van der Waals surface area contributed by atoms with Gasteiger partial charge >= 0.3 is 5.63 Å². The molecule has 0 radical (unpaired) electrons. The van der Waals surface area contributed by atoms with E-state index >= 15 is 0 Å². The van der Waals surface area contributed by atoms with Crippen LogP contribution in [0.4, 0.5) is 5.69 Å². The molecule has 68 valence electrons. The Kier molecular flexibility index (Phi) is 1.79. The molecule has 0 aliphatic rings. The second-order valence-electron chi connectivity index (χ2n) is 2.90. The lowest BCUT2D eigenvalue weighted by molar-refractivity contribution is 0.371. The van der Waals surface area contributed by atoms with Crippen LogP contribution in [0.5, 0.6) is 0 Å². The van der Waals surface area contributed by atoms with Crippen molar-refractivity contribution in [3.63, 3.8) is 0 Å². The highest BCUT2D eigenvalue weighted by molar-refractivity contribution is 5.86. The smallest absolute Gasteiger partial charge is 0.313 e. The molecular formula is C10H6N2O2. The number of aryl methyl sites for hydroxylation is 1. The molecule has 0 N–H and O–H groups in total. The van der Waals surface area contributed by atoms with Crippen LogP contribution in [0.2, 0.25) is 0 Å². The molecule has 0 spiro atoms. The van der Waals surface area contributed by atoms with Crippen molar-refractivity contribution >= 4 is 16.5 Å². The van der Waals surface area contributed by atoms with Gasteiger partial charge in [-0.05, 0) is 13.0 Å². The first-order valence-electron chi connectivity index (χ1n) is 4.00. The van der Waals surface area contributed by atoms with Crippen molar-refractivity contribution < 1.29 is 4.52 Å². The van der Waals surface area contributed by atoms with Gasteiger partial charge in [0, 0.05) is 5.39 Å². The first kappa shape index (κ1) is 8.45. The lowest BCUT2D eigenvalue weighted by atomic mass is 10.1. The third-order valence-electron chi connectivity index (χ3n) is 2.01. The summed E-state index contributed by atoms with van der Waals surface area (Å²) in [6.45, 7) is 8.58. The third-order valence-corrected chi connectivity index (χ3v) is 2.01. The van der Waals surface area contributed by atoms with Crippen LogP contribution in [0.15, 0.2) is 27.5 Å². The maximum absolute atomic E-state index is 11.2. The van der Waals surface area contributed by atoms with Gasteiger partial charge in [-0.15, -0.1) is 0 Å². The molecule has 0 aliphatic heterocycles. The van der Waals surface area contributed by atoms with Crippen LogP contribution in [0.1, 0.15) is 5.69 Å². The van der Waals surface area contributed by atoms with Gasteiger partial charge in [0.15, 0.2) is 5.69 Å². The molecule has 1 aromatic carbocycles. The Balaban J connectivity index is 2.96. The van der Waals surface area contributed by atoms with Crippen LogP contribution in [0.25, 0.3) is 15.6 Å². The molecule has 1 aromatic heterocycles. The Morgan fingerprint density at radius 3 is 2.93 bits per heavy atom. The predicted molar refractivity (Wildman–Crippen MR) is 51.3 cm³/mol. The number of fused-ring (bicyclic) bond motifs is 1. The molecular weight excluding hydrogens is 180 g/mol. The average Bonchev–Trinajstić information content (AvgIpc) is 2.23. The third kappa shape index (κ3) is 1.15. The molecule has 2 aromatic rings. The Labute approximate surface area is 79.6 Å². The lowest BCUT2D eigenvalue weighted by Crippen LogP contribution is -2.02. The monoisotopic (exact) mass is 186 g/mol. The summed E-state index contributed by atoms with van der Waals surface area (Å²) in [4.78, 5) is 14.5. The fourth-order valence-electron chi connectivity index (χ4n) is 1.29. The fraction of sp³-hybridized carbons (Fsp3) is 0.100. The van der Waals surface area contributed by atoms with Gasteiger partial charge in [-0.3, -0.25) is 0 Å². The minimum absolute atomic E-state index is 0.463. The minimum Gasteiger partial charge on any atom is -0.313 e. The van der Waals surface area contributed by atoms with E-state index in [1.54, 1.807) is 25.1 Å². The van der Waals surface area contributed by atoms with Gasteiger partial charge in [0.25, 0.3) is 0 Å². The second kappa shape index (κ2) is 2.96. The van der Waals surface area contributed by atoms with Crippen molar-refractivity contribution in [3.05, 3.63) is 45.7 Å². The average molecular weight is 186 g/mol. The van der Waals surface area contributed by atoms with E-state index in [2.05, 4.69) is 14.5 Å². The number of nitrogens with zero attached hydrogens (tertiary/aromatic N) is 2. The van der Waals surface area contributed by atoms with Crippen LogP contribution in [0.3, 0.4) is 0 Å². The molecule has 1 heterocycles. The van der Waals surface area contributed by atoms with E-state index < -0.39 is 5.63 Å². The largest absolute Gasteiger partial charge is 0.366 e. The predicted octanol–water partition coefficient (Wildman–Crippen LogP) is 2.05. The zero-order chi connectivity index (χ0) is 10.1. The molecule has 4 heteroatoms. The van der Waals surface area contributed by atoms with Crippen molar-refractivity contribution in [1.29, 1.82) is 0 Å². The summed E-state index contributed by atoms with van der Waals surface area (Å²) in [6.07, 6.45) is 0. The molecule has 0 bridgehead atoms. The molecule has 0 amide bonds. The van der Waals surface area contributed by atoms with Crippen LogP contribution < -0.4 is 5.63 Å². The highest BCUT2D eigenvalue weighted by Crippen LogP contribution is 2.20. The summed E-state index contributed by atoms with van der Waals surface area (Å²) < 4.78 is 4.56. The van der Waals surface area contributed by atoms with Gasteiger partial charge in [0.2, 0.25) is 0 Å². The molecule has 0 saturated carbocycles. The summed E-state index contributed by atoms with van der Waals surface area (Å²) >= 11 is 0. The van der Waals surface area contributed by atoms with E-state index in [0.29, 0.717) is 22.2 Å². The normalized spacial score (nSPS) is 10.0. The van der Waals surface area contributed by atoms with E-state index in [1.165, 1.54) is 0 Å². The van der Waals surface area contributed by atoms with Crippen LogP contribution >= 0.6 is 0 Å². The topological polar surface area (TPSA) is 47.5 Å². The first-order chi connectivity index (χ1) is 6.72. The van der Waals surface area contributed by atoms with Gasteiger partial charge < -0.3 is 4.52 Å². The summed E-state index contributed by atoms with van der Waals surface area (Å²) in [7, 11) is 0. The van der Waals surface area contributed by atoms with Crippen molar-refractivity contribution in [1.82, 2.24) is 5.16 Å². The van der Waals surface area contributed by atoms with Gasteiger partial charge in [-0.1, -0.05) is 17.3 Å². The van der Waals surface area contributed by atoms with E-state index in [1.807, 2.05) is 0 Å². The zero-order valence-electron chi connectivity index (χ0n) is 7.44. The fourth-order valence-corrected chi connectivity index (χ4v) is 1.29. The standard InChI is InChI=1S/C10H6N2O2/c1-6-9-5-7(11-2)3-4-8(9)10(13)14-12-6/h3-5H,1H3. The van der Waals surface area contributed by atoms with E-state index in [-0.39, 0.29) is 0 Å². The maximum atomic E-state index is 11.2. The number of hydrogen-bond donors (Lipinski definition) is 0. The Hall–Kier alpha value is -2.15. The molecule has 4 nitrogen and oxygen atoms in total. The highest BCUT2D eigenvalue weighted by Gasteiger charge is 2.04. The number of benzene rings is 1. The van der Waals surface area contributed by atoms with Crippen molar-refractivity contribution in [3.8, 4) is 0 Å². The second-order valence-corrected chi connectivity index (χ2v) is 2.90. The summed E-state index contributed by atoms with van der Waals surface area (Å²) in [5.41, 5.74) is 0.639. The quantitative estimate of drug-likeness (QED) is 0.591. The highest BCUT2D eigenvalue weighted by atomic mass is 16.5. The van der Waals surface area contributed by atoms with Crippen LogP contribution in [-0.4, -0.2) is 5.16 Å². The SMILES string of the molecule is [C-]#[N+]c1ccc2c(=O)onc(C)c2c1. The molecule has 2 rings (SSSR count). The van der Waals surface area contributed by atoms with E-state index in [4.69, 9.17) is 6.57 Å². The van der Waals surface area contributed by atoms with E-state index in [9.17, 15) is 4.79 Å². The summed E-state index contributed by atoms with van der Waals surface area (Å²) in [6, 6.07) is 4.82. The molecule has 0 saturated heterocycles. The molecule has 0 fully saturated rings. The first-order valence-corrected chi connectivity index (χ1v) is 4.00. The summed E-state index contributed by atoms with van der Waals surface area (Å²) in [5, 5.41) is 4.73. The van der Waals surface area contributed by atoms with Gasteiger partial charge in [0.05, 0.1) is 17.7 Å². The summed E-state index contributed by atoms with van der Waals surface area (Å²) in [5.74, 6) is 0. The van der Waals surface area contributed by atoms with Gasteiger partial charge in [-0.2, -0.15) is 0 Å². The van der Waals surface area contributed by atoms with Crippen LogP contribution in [-0.2, 0) is 0 Å². The maximum Gasteiger partial charge on any atom is 0.366 e. The minimum atomic E-state index is -0.470.